The van der Waals surface area contributed by atoms with Crippen molar-refractivity contribution in [2.75, 3.05) is 7.11 Å². The van der Waals surface area contributed by atoms with Crippen molar-refractivity contribution < 1.29 is 13.9 Å². The number of benzene rings is 2. The number of methoxy groups -OCH3 is 1. The minimum atomic E-state index is -0.280. The number of ether oxygens (including phenoxy) is 1. The number of fused-ring (bicyclic) bond motifs is 1. The van der Waals surface area contributed by atoms with Crippen molar-refractivity contribution >= 4 is 16.7 Å². The third-order valence-corrected chi connectivity index (χ3v) is 3.86. The van der Waals surface area contributed by atoms with Gasteiger partial charge in [0.2, 0.25) is 0 Å². The van der Waals surface area contributed by atoms with Gasteiger partial charge in [-0.1, -0.05) is 18.2 Å². The van der Waals surface area contributed by atoms with Gasteiger partial charge in [-0.05, 0) is 65.6 Å². The summed E-state index contributed by atoms with van der Waals surface area (Å²) < 4.78 is 18.3. The van der Waals surface area contributed by atoms with Crippen LogP contribution in [0.2, 0.25) is 0 Å². The van der Waals surface area contributed by atoms with Crippen LogP contribution >= 0.6 is 0 Å². The predicted molar refractivity (Wildman–Crippen MR) is 86.0 cm³/mol. The van der Waals surface area contributed by atoms with Crippen LogP contribution in [-0.2, 0) is 22.4 Å². The van der Waals surface area contributed by atoms with Crippen molar-refractivity contribution in [3.63, 3.8) is 0 Å². The first-order chi connectivity index (χ1) is 10.6. The van der Waals surface area contributed by atoms with Gasteiger partial charge >= 0.3 is 5.97 Å². The zero-order valence-corrected chi connectivity index (χ0v) is 12.9. The highest BCUT2D eigenvalue weighted by Crippen LogP contribution is 2.28. The second-order valence-corrected chi connectivity index (χ2v) is 5.22. The molecule has 0 aromatic heterocycles. The van der Waals surface area contributed by atoms with Crippen LogP contribution in [0.25, 0.3) is 10.8 Å². The Morgan fingerprint density at radius 2 is 2.14 bits per heavy atom. The van der Waals surface area contributed by atoms with Crippen LogP contribution < -0.4 is 5.73 Å². The van der Waals surface area contributed by atoms with E-state index in [1.165, 1.54) is 19.4 Å². The third kappa shape index (κ3) is 3.45. The number of esters is 1. The molecule has 4 heteroatoms. The Hall–Kier alpha value is -2.36. The quantitative estimate of drug-likeness (QED) is 0.861. The molecule has 0 atom stereocenters. The number of carbonyl (C=O) groups is 1. The fraction of sp³-hybridized carbons (Fsp3) is 0.278. The molecule has 2 rings (SSSR count). The third-order valence-electron chi connectivity index (χ3n) is 3.86. The van der Waals surface area contributed by atoms with Crippen molar-refractivity contribution in [3.8, 4) is 0 Å². The molecule has 3 nitrogen and oxygen atoms in total. The van der Waals surface area contributed by atoms with Gasteiger partial charge in [0.25, 0.3) is 0 Å². The smallest absolute Gasteiger partial charge is 0.309 e. The van der Waals surface area contributed by atoms with Gasteiger partial charge in [-0.25, -0.2) is 4.39 Å². The number of carbonyl (C=O) groups excluding carboxylic acids is 1. The largest absolute Gasteiger partial charge is 0.469 e. The lowest BCUT2D eigenvalue weighted by atomic mass is 9.91. The molecule has 0 unspecified atom stereocenters. The van der Waals surface area contributed by atoms with Crippen LogP contribution in [0.1, 0.15) is 23.1 Å². The molecule has 0 aliphatic rings. The van der Waals surface area contributed by atoms with Crippen LogP contribution in [0.15, 0.2) is 36.5 Å². The Kier molecular flexibility index (Phi) is 5.15. The van der Waals surface area contributed by atoms with Gasteiger partial charge in [-0.3, -0.25) is 4.79 Å². The molecule has 2 aromatic carbocycles. The molecule has 0 saturated carbocycles. The molecule has 0 aliphatic heterocycles. The highest BCUT2D eigenvalue weighted by molar-refractivity contribution is 5.89. The second kappa shape index (κ2) is 7.07. The van der Waals surface area contributed by atoms with E-state index < -0.39 is 0 Å². The van der Waals surface area contributed by atoms with E-state index in [0.717, 1.165) is 40.3 Å². The summed E-state index contributed by atoms with van der Waals surface area (Å²) in [5.74, 6) is -0.541. The Morgan fingerprint density at radius 1 is 1.36 bits per heavy atom. The van der Waals surface area contributed by atoms with Crippen molar-refractivity contribution in [1.82, 2.24) is 0 Å². The fourth-order valence-corrected chi connectivity index (χ4v) is 2.66. The van der Waals surface area contributed by atoms with Gasteiger partial charge in [-0.15, -0.1) is 0 Å². The Morgan fingerprint density at radius 3 is 2.82 bits per heavy atom. The summed E-state index contributed by atoms with van der Waals surface area (Å²) in [6, 6.07) is 6.66. The van der Waals surface area contributed by atoms with Gasteiger partial charge in [0.15, 0.2) is 0 Å². The molecule has 0 heterocycles. The summed E-state index contributed by atoms with van der Waals surface area (Å²) in [5, 5.41) is 1.81. The fourth-order valence-electron chi connectivity index (χ4n) is 2.66. The first-order valence-corrected chi connectivity index (χ1v) is 7.21. The molecule has 0 radical (unpaired) electrons. The zero-order chi connectivity index (χ0) is 16.1. The van der Waals surface area contributed by atoms with Crippen LogP contribution in [-0.4, -0.2) is 13.1 Å². The van der Waals surface area contributed by atoms with Gasteiger partial charge in [0.05, 0.1) is 13.5 Å². The average Bonchev–Trinajstić information content (AvgIpc) is 2.51. The first-order valence-electron chi connectivity index (χ1n) is 7.21. The van der Waals surface area contributed by atoms with E-state index in [4.69, 9.17) is 10.5 Å². The van der Waals surface area contributed by atoms with E-state index in [1.54, 1.807) is 12.1 Å². The summed E-state index contributed by atoms with van der Waals surface area (Å²) >= 11 is 0. The molecule has 0 amide bonds. The highest BCUT2D eigenvalue weighted by atomic mass is 19.1. The maximum atomic E-state index is 13.6. The van der Waals surface area contributed by atoms with Crippen LogP contribution in [0, 0.1) is 12.7 Å². The summed E-state index contributed by atoms with van der Waals surface area (Å²) in [5.41, 5.74) is 8.35. The van der Waals surface area contributed by atoms with Gasteiger partial charge < -0.3 is 10.5 Å². The van der Waals surface area contributed by atoms with Crippen molar-refractivity contribution in [2.24, 2.45) is 5.73 Å². The maximum Gasteiger partial charge on any atom is 0.309 e. The molecule has 0 bridgehead atoms. The lowest BCUT2D eigenvalue weighted by Crippen LogP contribution is -2.07. The highest BCUT2D eigenvalue weighted by Gasteiger charge is 2.13. The lowest BCUT2D eigenvalue weighted by Gasteiger charge is -2.15. The number of hydrogen-bond donors (Lipinski definition) is 1. The standard InChI is InChI=1S/C18H20FNO2/c1-12-14(10-18(21)22-2)9-13-6-7-15(19)11-17(13)16(12)5-3-4-8-20/h4,6-9,11H,3,5,10,20H2,1-2H3/b8-4+. The SMILES string of the molecule is COC(=O)Cc1cc2ccc(F)cc2c(CC/C=C/N)c1C. The van der Waals surface area contributed by atoms with E-state index in [2.05, 4.69) is 0 Å². The molecule has 0 fully saturated rings. The molecule has 0 saturated heterocycles. The molecule has 2 N–H and O–H groups in total. The first kappa shape index (κ1) is 16.0. The Bertz CT molecular complexity index is 723. The van der Waals surface area contributed by atoms with E-state index in [-0.39, 0.29) is 18.2 Å². The van der Waals surface area contributed by atoms with Crippen LogP contribution in [0.3, 0.4) is 0 Å². The van der Waals surface area contributed by atoms with E-state index in [9.17, 15) is 9.18 Å². The van der Waals surface area contributed by atoms with E-state index in [0.29, 0.717) is 0 Å². The number of allylic oxidation sites excluding steroid dienone is 1. The summed E-state index contributed by atoms with van der Waals surface area (Å²) in [6.45, 7) is 1.96. The van der Waals surface area contributed by atoms with Gasteiger partial charge in [0.1, 0.15) is 5.82 Å². The predicted octanol–water partition coefficient (Wildman–Crippen LogP) is 3.41. The number of hydrogen-bond acceptors (Lipinski definition) is 3. The number of nitrogens with two attached hydrogens (primary N) is 1. The molecule has 116 valence electrons. The molecule has 0 aliphatic carbocycles. The minimum Gasteiger partial charge on any atom is -0.469 e. The zero-order valence-electron chi connectivity index (χ0n) is 12.9. The Labute approximate surface area is 129 Å². The molecular weight excluding hydrogens is 281 g/mol. The van der Waals surface area contributed by atoms with Crippen molar-refractivity contribution in [1.29, 1.82) is 0 Å². The van der Waals surface area contributed by atoms with Gasteiger partial charge in [-0.2, -0.15) is 0 Å². The molecular formula is C18H20FNO2. The summed E-state index contributed by atoms with van der Waals surface area (Å²) in [7, 11) is 1.38. The van der Waals surface area contributed by atoms with E-state index >= 15 is 0 Å². The topological polar surface area (TPSA) is 52.3 Å². The maximum absolute atomic E-state index is 13.6. The summed E-state index contributed by atoms with van der Waals surface area (Å²) in [4.78, 5) is 11.6. The average molecular weight is 301 g/mol. The molecule has 2 aromatic rings. The molecule has 0 spiro atoms. The summed E-state index contributed by atoms with van der Waals surface area (Å²) in [6.07, 6.45) is 5.11. The van der Waals surface area contributed by atoms with Crippen molar-refractivity contribution in [2.45, 2.75) is 26.2 Å². The molecule has 22 heavy (non-hydrogen) atoms. The minimum absolute atomic E-state index is 0.218. The number of halogens is 1. The van der Waals surface area contributed by atoms with Crippen molar-refractivity contribution in [3.05, 3.63) is 59.0 Å². The lowest BCUT2D eigenvalue weighted by molar-refractivity contribution is -0.139. The Balaban J connectivity index is 2.56. The van der Waals surface area contributed by atoms with Crippen LogP contribution in [0.4, 0.5) is 4.39 Å². The van der Waals surface area contributed by atoms with Gasteiger partial charge in [0, 0.05) is 0 Å². The second-order valence-electron chi connectivity index (χ2n) is 5.22. The van der Waals surface area contributed by atoms with Crippen LogP contribution in [0.5, 0.6) is 0 Å². The van der Waals surface area contributed by atoms with E-state index in [1.807, 2.05) is 19.1 Å². The number of rotatable bonds is 5. The normalized spacial score (nSPS) is 11.2. The monoisotopic (exact) mass is 301 g/mol. The number of aryl methyl sites for hydroxylation is 1.